The van der Waals surface area contributed by atoms with Crippen molar-refractivity contribution in [2.75, 3.05) is 19.4 Å². The average Bonchev–Trinajstić information content (AvgIpc) is 3.34. The summed E-state index contributed by atoms with van der Waals surface area (Å²) >= 11 is 0. The minimum absolute atomic E-state index is 0.0549. The number of amides is 1. The van der Waals surface area contributed by atoms with Gasteiger partial charge in [-0.2, -0.15) is 4.98 Å². The Morgan fingerprint density at radius 1 is 1.17 bits per heavy atom. The molecule has 0 unspecified atom stereocenters. The van der Waals surface area contributed by atoms with Gasteiger partial charge in [-0.25, -0.2) is 4.79 Å². The number of carbonyl (C=O) groups excluding carboxylic acids is 2. The lowest BCUT2D eigenvalue weighted by molar-refractivity contribution is -0.140. The molecule has 2 heterocycles. The zero-order valence-electron chi connectivity index (χ0n) is 16.5. The molecule has 2 N–H and O–H groups in total. The summed E-state index contributed by atoms with van der Waals surface area (Å²) in [7, 11) is 1.66. The van der Waals surface area contributed by atoms with Crippen molar-refractivity contribution in [3.05, 3.63) is 77.0 Å². The van der Waals surface area contributed by atoms with E-state index in [0.717, 1.165) is 5.56 Å². The summed E-state index contributed by atoms with van der Waals surface area (Å²) in [5.74, 6) is -0.469. The molecule has 7 nitrogen and oxygen atoms in total. The number of oxazole rings is 1. The molecule has 1 spiro atoms. The molecule has 1 aliphatic heterocycles. The van der Waals surface area contributed by atoms with Gasteiger partial charge in [0.15, 0.2) is 11.2 Å². The zero-order valence-corrected chi connectivity index (χ0v) is 16.5. The largest absolute Gasteiger partial charge is 0.463 e. The standard InChI is InChI=1S/C23H19N3O4/c1-3-29-20(27)16-17(13-9-5-4-6-10-13)26(2)21(28)23(16)15-12-8-7-11-14(15)18-19(23)25-22(24)30-18/h4-12H,3H2,1-2H3,(H2,24,25)/t23-/m1/s1. The van der Waals surface area contributed by atoms with Crippen molar-refractivity contribution in [3.8, 4) is 11.3 Å². The lowest BCUT2D eigenvalue weighted by atomic mass is 9.74. The molecule has 0 radical (unpaired) electrons. The molecule has 0 bridgehead atoms. The number of rotatable bonds is 3. The van der Waals surface area contributed by atoms with E-state index in [2.05, 4.69) is 4.98 Å². The molecule has 1 amide bonds. The minimum Gasteiger partial charge on any atom is -0.463 e. The number of hydrogen-bond acceptors (Lipinski definition) is 6. The van der Waals surface area contributed by atoms with E-state index in [0.29, 0.717) is 28.3 Å². The topological polar surface area (TPSA) is 98.7 Å². The number of fused-ring (bicyclic) bond motifs is 5. The van der Waals surface area contributed by atoms with Crippen LogP contribution < -0.4 is 5.73 Å². The van der Waals surface area contributed by atoms with E-state index in [1.54, 1.807) is 14.0 Å². The Morgan fingerprint density at radius 3 is 2.60 bits per heavy atom. The molecule has 3 aromatic rings. The highest BCUT2D eigenvalue weighted by molar-refractivity contribution is 6.20. The summed E-state index contributed by atoms with van der Waals surface area (Å²) in [4.78, 5) is 33.1. The molecule has 0 fully saturated rings. The molecule has 2 aromatic carbocycles. The minimum atomic E-state index is -1.47. The Kier molecular flexibility index (Phi) is 3.83. The molecule has 30 heavy (non-hydrogen) atoms. The molecule has 5 rings (SSSR count). The summed E-state index contributed by atoms with van der Waals surface area (Å²) in [5.41, 5.74) is 7.49. The van der Waals surface area contributed by atoms with Crippen LogP contribution in [0.1, 0.15) is 23.7 Å². The van der Waals surface area contributed by atoms with Gasteiger partial charge in [-0.1, -0.05) is 54.6 Å². The summed E-state index contributed by atoms with van der Waals surface area (Å²) in [6.07, 6.45) is 0. The quantitative estimate of drug-likeness (QED) is 0.678. The summed E-state index contributed by atoms with van der Waals surface area (Å²) < 4.78 is 11.1. The highest BCUT2D eigenvalue weighted by atomic mass is 16.5. The van der Waals surface area contributed by atoms with Crippen molar-refractivity contribution >= 4 is 23.6 Å². The molecular formula is C23H19N3O4. The van der Waals surface area contributed by atoms with Gasteiger partial charge in [-0.05, 0) is 18.1 Å². The monoisotopic (exact) mass is 401 g/mol. The molecule has 1 atom stereocenters. The van der Waals surface area contributed by atoms with Gasteiger partial charge in [-0.15, -0.1) is 0 Å². The van der Waals surface area contributed by atoms with Gasteiger partial charge in [0.05, 0.1) is 17.9 Å². The van der Waals surface area contributed by atoms with Crippen LogP contribution in [0.5, 0.6) is 0 Å². The number of esters is 1. The van der Waals surface area contributed by atoms with Crippen molar-refractivity contribution < 1.29 is 18.7 Å². The summed E-state index contributed by atoms with van der Waals surface area (Å²) in [6.45, 7) is 1.91. The fraction of sp³-hybridized carbons (Fsp3) is 0.174. The number of nitrogens with zero attached hydrogens (tertiary/aromatic N) is 2. The summed E-state index contributed by atoms with van der Waals surface area (Å²) in [6, 6.07) is 16.6. The molecule has 1 aromatic heterocycles. The van der Waals surface area contributed by atoms with E-state index in [-0.39, 0.29) is 24.1 Å². The predicted molar refractivity (Wildman–Crippen MR) is 110 cm³/mol. The Hall–Kier alpha value is -3.87. The number of benzene rings is 2. The van der Waals surface area contributed by atoms with Gasteiger partial charge < -0.3 is 19.8 Å². The SMILES string of the molecule is CCOC(=O)C1=C(c2ccccc2)N(C)C(=O)[C@]12c1ccccc1-c1oc(N)nc12. The second-order valence-electron chi connectivity index (χ2n) is 7.20. The molecule has 1 aliphatic carbocycles. The third kappa shape index (κ3) is 2.11. The van der Waals surface area contributed by atoms with Crippen LogP contribution in [0.3, 0.4) is 0 Å². The molecule has 0 saturated carbocycles. The van der Waals surface area contributed by atoms with Crippen LogP contribution in [0.15, 0.2) is 64.6 Å². The van der Waals surface area contributed by atoms with Crippen LogP contribution in [0.25, 0.3) is 17.0 Å². The van der Waals surface area contributed by atoms with Crippen LogP contribution in [0.4, 0.5) is 6.01 Å². The van der Waals surface area contributed by atoms with Gasteiger partial charge in [-0.3, -0.25) is 4.79 Å². The van der Waals surface area contributed by atoms with E-state index in [1.807, 2.05) is 54.6 Å². The maximum atomic E-state index is 13.9. The Bertz CT molecular complexity index is 1230. The third-order valence-corrected chi connectivity index (χ3v) is 5.67. The highest BCUT2D eigenvalue weighted by Gasteiger charge is 2.63. The van der Waals surface area contributed by atoms with Crippen molar-refractivity contribution in [1.82, 2.24) is 9.88 Å². The van der Waals surface area contributed by atoms with Gasteiger partial charge in [0.2, 0.25) is 5.91 Å². The number of anilines is 1. The molecule has 2 aliphatic rings. The number of nitrogen functional groups attached to an aromatic ring is 1. The highest BCUT2D eigenvalue weighted by Crippen LogP contribution is 2.58. The molecular weight excluding hydrogens is 382 g/mol. The first kappa shape index (κ1) is 18.2. The first-order chi connectivity index (χ1) is 14.5. The maximum Gasteiger partial charge on any atom is 0.338 e. The molecule has 7 heteroatoms. The number of ether oxygens (including phenoxy) is 1. The van der Waals surface area contributed by atoms with Crippen molar-refractivity contribution in [2.24, 2.45) is 0 Å². The van der Waals surface area contributed by atoms with Crippen LogP contribution in [0.2, 0.25) is 0 Å². The van der Waals surface area contributed by atoms with E-state index in [9.17, 15) is 9.59 Å². The lowest BCUT2D eigenvalue weighted by Gasteiger charge is -2.25. The first-order valence-corrected chi connectivity index (χ1v) is 9.63. The Labute approximate surface area is 172 Å². The van der Waals surface area contributed by atoms with E-state index < -0.39 is 11.4 Å². The molecule has 150 valence electrons. The third-order valence-electron chi connectivity index (χ3n) is 5.67. The second kappa shape index (κ2) is 6.32. The lowest BCUT2D eigenvalue weighted by Crippen LogP contribution is -2.41. The van der Waals surface area contributed by atoms with Crippen LogP contribution in [0, 0.1) is 0 Å². The van der Waals surface area contributed by atoms with Gasteiger partial charge in [0, 0.05) is 12.6 Å². The van der Waals surface area contributed by atoms with E-state index in [1.165, 1.54) is 4.90 Å². The Balaban J connectivity index is 1.93. The van der Waals surface area contributed by atoms with Gasteiger partial charge >= 0.3 is 5.97 Å². The number of aromatic nitrogens is 1. The normalized spacial score (nSPS) is 19.4. The fourth-order valence-electron chi connectivity index (χ4n) is 4.57. The number of likely N-dealkylation sites (N-methyl/N-ethyl adjacent to an activating group) is 1. The summed E-state index contributed by atoms with van der Waals surface area (Å²) in [5, 5.41) is 0. The van der Waals surface area contributed by atoms with Gasteiger partial charge in [0.1, 0.15) is 5.69 Å². The number of hydrogen-bond donors (Lipinski definition) is 1. The number of carbonyl (C=O) groups is 2. The molecule has 0 saturated heterocycles. The van der Waals surface area contributed by atoms with E-state index >= 15 is 0 Å². The zero-order chi connectivity index (χ0) is 21.0. The Morgan fingerprint density at radius 2 is 1.87 bits per heavy atom. The first-order valence-electron chi connectivity index (χ1n) is 9.63. The van der Waals surface area contributed by atoms with Crippen LogP contribution in [-0.4, -0.2) is 35.4 Å². The van der Waals surface area contributed by atoms with Crippen molar-refractivity contribution in [2.45, 2.75) is 12.3 Å². The fourth-order valence-corrected chi connectivity index (χ4v) is 4.57. The predicted octanol–water partition coefficient (Wildman–Crippen LogP) is 2.97. The average molecular weight is 401 g/mol. The second-order valence-corrected chi connectivity index (χ2v) is 7.20. The van der Waals surface area contributed by atoms with Gasteiger partial charge in [0.25, 0.3) is 6.01 Å². The van der Waals surface area contributed by atoms with Crippen LogP contribution >= 0.6 is 0 Å². The van der Waals surface area contributed by atoms with E-state index in [4.69, 9.17) is 14.9 Å². The maximum absolute atomic E-state index is 13.9. The van der Waals surface area contributed by atoms with Crippen LogP contribution in [-0.2, 0) is 19.7 Å². The van der Waals surface area contributed by atoms with Crippen molar-refractivity contribution in [3.63, 3.8) is 0 Å². The van der Waals surface area contributed by atoms with Crippen molar-refractivity contribution in [1.29, 1.82) is 0 Å². The number of nitrogens with two attached hydrogens (primary N) is 1. The smallest absolute Gasteiger partial charge is 0.338 e.